The van der Waals surface area contributed by atoms with Crippen molar-refractivity contribution in [3.05, 3.63) is 96.7 Å². The van der Waals surface area contributed by atoms with Crippen molar-refractivity contribution < 1.29 is 4.42 Å². The molecule has 7 heteroatoms. The second kappa shape index (κ2) is 8.04. The standard InChI is InChI=1S/C23H19N5OS/c1-17-21(12-15-29-17)22-25-26-23(28(22)20-6-3-2-4-7-20)30-16-18-8-10-19(11-9-18)27-14-5-13-24-27/h2-15H,16H2,1H3. The lowest BCUT2D eigenvalue weighted by molar-refractivity contribution is 0.535. The first kappa shape index (κ1) is 18.4. The first-order chi connectivity index (χ1) is 14.8. The number of aromatic nitrogens is 5. The minimum atomic E-state index is 0.781. The van der Waals surface area contributed by atoms with Gasteiger partial charge in [0.25, 0.3) is 0 Å². The molecular weight excluding hydrogens is 394 g/mol. The zero-order valence-corrected chi connectivity index (χ0v) is 17.2. The highest BCUT2D eigenvalue weighted by molar-refractivity contribution is 7.98. The molecule has 0 saturated heterocycles. The molecule has 3 heterocycles. The summed E-state index contributed by atoms with van der Waals surface area (Å²) < 4.78 is 9.43. The molecule has 148 valence electrons. The molecule has 0 bridgehead atoms. The van der Waals surface area contributed by atoms with Crippen LogP contribution in [0.4, 0.5) is 0 Å². The Kier molecular flexibility index (Phi) is 4.94. The van der Waals surface area contributed by atoms with Gasteiger partial charge in [-0.05, 0) is 48.9 Å². The molecule has 0 aliphatic heterocycles. The third kappa shape index (κ3) is 3.55. The number of thioether (sulfide) groups is 1. The fourth-order valence-electron chi connectivity index (χ4n) is 3.28. The van der Waals surface area contributed by atoms with Gasteiger partial charge in [-0.3, -0.25) is 4.57 Å². The molecule has 0 aliphatic carbocycles. The van der Waals surface area contributed by atoms with Crippen molar-refractivity contribution >= 4 is 11.8 Å². The minimum absolute atomic E-state index is 0.781. The van der Waals surface area contributed by atoms with Gasteiger partial charge in [0, 0.05) is 23.8 Å². The van der Waals surface area contributed by atoms with E-state index in [9.17, 15) is 0 Å². The van der Waals surface area contributed by atoms with Crippen molar-refractivity contribution in [2.75, 3.05) is 0 Å². The molecule has 0 aliphatic rings. The van der Waals surface area contributed by atoms with E-state index in [1.54, 1.807) is 24.2 Å². The van der Waals surface area contributed by atoms with Crippen molar-refractivity contribution in [2.45, 2.75) is 17.8 Å². The highest BCUT2D eigenvalue weighted by Gasteiger charge is 2.18. The normalized spacial score (nSPS) is 11.1. The molecule has 0 unspecified atom stereocenters. The van der Waals surface area contributed by atoms with Crippen LogP contribution in [0.3, 0.4) is 0 Å². The van der Waals surface area contributed by atoms with Crippen LogP contribution in [0.2, 0.25) is 0 Å². The van der Waals surface area contributed by atoms with Crippen LogP contribution in [0.5, 0.6) is 0 Å². The topological polar surface area (TPSA) is 61.7 Å². The summed E-state index contributed by atoms with van der Waals surface area (Å²) >= 11 is 1.66. The second-order valence-electron chi connectivity index (χ2n) is 6.77. The molecule has 0 spiro atoms. The number of furan rings is 1. The molecule has 0 amide bonds. The number of hydrogen-bond donors (Lipinski definition) is 0. The van der Waals surface area contributed by atoms with Crippen molar-refractivity contribution in [2.24, 2.45) is 0 Å². The largest absolute Gasteiger partial charge is 0.469 e. The third-order valence-electron chi connectivity index (χ3n) is 4.82. The summed E-state index contributed by atoms with van der Waals surface area (Å²) in [6, 6.07) is 22.4. The van der Waals surface area contributed by atoms with Crippen molar-refractivity contribution in [3.63, 3.8) is 0 Å². The number of aryl methyl sites for hydroxylation is 1. The van der Waals surface area contributed by atoms with E-state index in [0.717, 1.165) is 39.4 Å². The number of para-hydroxylation sites is 1. The lowest BCUT2D eigenvalue weighted by atomic mass is 10.2. The Hall–Kier alpha value is -3.58. The molecule has 0 radical (unpaired) electrons. The van der Waals surface area contributed by atoms with Crippen molar-refractivity contribution in [1.29, 1.82) is 0 Å². The maximum absolute atomic E-state index is 5.50. The summed E-state index contributed by atoms with van der Waals surface area (Å²) in [5.41, 5.74) is 4.22. The van der Waals surface area contributed by atoms with Gasteiger partial charge in [-0.2, -0.15) is 5.10 Å². The van der Waals surface area contributed by atoms with E-state index in [1.807, 2.05) is 48.1 Å². The van der Waals surface area contributed by atoms with E-state index in [1.165, 1.54) is 5.56 Å². The Balaban J connectivity index is 1.43. The molecule has 5 rings (SSSR count). The van der Waals surface area contributed by atoms with Crippen LogP contribution in [-0.4, -0.2) is 24.5 Å². The van der Waals surface area contributed by atoms with Gasteiger partial charge in [0.05, 0.1) is 17.5 Å². The minimum Gasteiger partial charge on any atom is -0.469 e. The lowest BCUT2D eigenvalue weighted by Crippen LogP contribution is -2.00. The summed E-state index contributed by atoms with van der Waals surface area (Å²) in [5.74, 6) is 2.39. The fraction of sp³-hybridized carbons (Fsp3) is 0.0870. The third-order valence-corrected chi connectivity index (χ3v) is 5.82. The molecule has 0 atom stereocenters. The maximum Gasteiger partial charge on any atom is 0.196 e. The zero-order valence-electron chi connectivity index (χ0n) is 16.3. The van der Waals surface area contributed by atoms with E-state index in [4.69, 9.17) is 4.42 Å². The molecule has 0 saturated carbocycles. The first-order valence-electron chi connectivity index (χ1n) is 9.56. The molecule has 2 aromatic carbocycles. The van der Waals surface area contributed by atoms with Gasteiger partial charge in [-0.15, -0.1) is 10.2 Å². The lowest BCUT2D eigenvalue weighted by Gasteiger charge is -2.10. The second-order valence-corrected chi connectivity index (χ2v) is 7.72. The Morgan fingerprint density at radius 2 is 1.73 bits per heavy atom. The van der Waals surface area contributed by atoms with Crippen LogP contribution in [0, 0.1) is 6.92 Å². The number of rotatable bonds is 6. The monoisotopic (exact) mass is 413 g/mol. The van der Waals surface area contributed by atoms with Crippen LogP contribution >= 0.6 is 11.8 Å². The summed E-state index contributed by atoms with van der Waals surface area (Å²) in [6.45, 7) is 1.94. The molecule has 6 nitrogen and oxygen atoms in total. The van der Waals surface area contributed by atoms with Gasteiger partial charge in [-0.1, -0.05) is 42.1 Å². The van der Waals surface area contributed by atoms with Crippen LogP contribution in [0.1, 0.15) is 11.3 Å². The fourth-order valence-corrected chi connectivity index (χ4v) is 4.19. The van der Waals surface area contributed by atoms with Gasteiger partial charge in [0.15, 0.2) is 11.0 Å². The summed E-state index contributed by atoms with van der Waals surface area (Å²) in [5, 5.41) is 14.1. The smallest absolute Gasteiger partial charge is 0.196 e. The van der Waals surface area contributed by atoms with E-state index in [2.05, 4.69) is 56.3 Å². The highest BCUT2D eigenvalue weighted by atomic mass is 32.2. The number of nitrogens with zero attached hydrogens (tertiary/aromatic N) is 5. The van der Waals surface area contributed by atoms with E-state index in [0.29, 0.717) is 0 Å². The van der Waals surface area contributed by atoms with Gasteiger partial charge in [-0.25, -0.2) is 4.68 Å². The van der Waals surface area contributed by atoms with Crippen LogP contribution in [-0.2, 0) is 5.75 Å². The van der Waals surface area contributed by atoms with Gasteiger partial charge >= 0.3 is 0 Å². The number of hydrogen-bond acceptors (Lipinski definition) is 5. The average molecular weight is 414 g/mol. The van der Waals surface area contributed by atoms with E-state index < -0.39 is 0 Å². The summed E-state index contributed by atoms with van der Waals surface area (Å²) in [4.78, 5) is 0. The average Bonchev–Trinajstić information content (AvgIpc) is 3.54. The highest BCUT2D eigenvalue weighted by Crippen LogP contribution is 2.31. The Bertz CT molecular complexity index is 1240. The molecular formula is C23H19N5OS. The molecule has 3 aromatic heterocycles. The summed E-state index contributed by atoms with van der Waals surface area (Å²) in [7, 11) is 0. The predicted molar refractivity (Wildman–Crippen MR) is 117 cm³/mol. The Labute approximate surface area is 178 Å². The van der Waals surface area contributed by atoms with Gasteiger partial charge < -0.3 is 4.42 Å². The first-order valence-corrected chi connectivity index (χ1v) is 10.6. The van der Waals surface area contributed by atoms with E-state index in [-0.39, 0.29) is 0 Å². The quantitative estimate of drug-likeness (QED) is 0.353. The van der Waals surface area contributed by atoms with Crippen LogP contribution in [0.15, 0.2) is 95.0 Å². The molecule has 30 heavy (non-hydrogen) atoms. The van der Waals surface area contributed by atoms with Gasteiger partial charge in [0.1, 0.15) is 5.76 Å². The number of benzene rings is 2. The zero-order chi connectivity index (χ0) is 20.3. The van der Waals surface area contributed by atoms with Crippen molar-refractivity contribution in [3.8, 4) is 22.8 Å². The Morgan fingerprint density at radius 3 is 2.43 bits per heavy atom. The predicted octanol–water partition coefficient (Wildman–Crippen LogP) is 5.31. The van der Waals surface area contributed by atoms with Gasteiger partial charge in [0.2, 0.25) is 0 Å². The molecule has 0 fully saturated rings. The van der Waals surface area contributed by atoms with Crippen molar-refractivity contribution in [1.82, 2.24) is 24.5 Å². The molecule has 5 aromatic rings. The van der Waals surface area contributed by atoms with E-state index >= 15 is 0 Å². The van der Waals surface area contributed by atoms with Crippen LogP contribution < -0.4 is 0 Å². The van der Waals surface area contributed by atoms with Crippen LogP contribution in [0.25, 0.3) is 22.8 Å². The maximum atomic E-state index is 5.50. The Morgan fingerprint density at radius 1 is 0.900 bits per heavy atom. The molecule has 0 N–H and O–H groups in total. The SMILES string of the molecule is Cc1occc1-c1nnc(SCc2ccc(-n3cccn3)cc2)n1-c1ccccc1. The summed E-state index contributed by atoms with van der Waals surface area (Å²) in [6.07, 6.45) is 5.40.